The number of rotatable bonds is 8. The third kappa shape index (κ3) is 4.61. The molecular weight excluding hydrogens is 385 g/mol. The second kappa shape index (κ2) is 9.24. The molecule has 2 aromatic carbocycles. The second-order valence-corrected chi connectivity index (χ2v) is 7.62. The van der Waals surface area contributed by atoms with Gasteiger partial charge >= 0.3 is 5.97 Å². The lowest BCUT2D eigenvalue weighted by Crippen LogP contribution is -2.27. The van der Waals surface area contributed by atoms with Gasteiger partial charge in [-0.15, -0.1) is 0 Å². The molecule has 0 saturated carbocycles. The van der Waals surface area contributed by atoms with Crippen LogP contribution in [0, 0.1) is 5.82 Å². The number of hydrogen-bond acceptors (Lipinski definition) is 3. The Labute approximate surface area is 174 Å². The van der Waals surface area contributed by atoms with Gasteiger partial charge in [-0.3, -0.25) is 4.79 Å². The van der Waals surface area contributed by atoms with Gasteiger partial charge in [-0.2, -0.15) is 0 Å². The van der Waals surface area contributed by atoms with Crippen LogP contribution in [0.25, 0.3) is 28.1 Å². The average Bonchev–Trinajstić information content (AvgIpc) is 3.02. The molecule has 0 saturated heterocycles. The summed E-state index contributed by atoms with van der Waals surface area (Å²) < 4.78 is 15.7. The van der Waals surface area contributed by atoms with Crippen LogP contribution in [0.2, 0.25) is 0 Å². The molecule has 30 heavy (non-hydrogen) atoms. The molecule has 0 spiro atoms. The molecule has 3 rings (SSSR count). The van der Waals surface area contributed by atoms with Crippen molar-refractivity contribution in [2.24, 2.45) is 0 Å². The van der Waals surface area contributed by atoms with Gasteiger partial charge in [0, 0.05) is 28.2 Å². The highest BCUT2D eigenvalue weighted by molar-refractivity contribution is 6.01. The predicted molar refractivity (Wildman–Crippen MR) is 116 cm³/mol. The molecule has 1 aromatic heterocycles. The zero-order valence-corrected chi connectivity index (χ0v) is 17.0. The van der Waals surface area contributed by atoms with E-state index < -0.39 is 24.6 Å². The summed E-state index contributed by atoms with van der Waals surface area (Å²) in [5.41, 5.74) is 3.77. The van der Waals surface area contributed by atoms with E-state index in [2.05, 4.69) is 18.4 Å². The molecule has 0 amide bonds. The molecule has 0 bridgehead atoms. The highest BCUT2D eigenvalue weighted by atomic mass is 19.1. The number of hydrogen-bond donors (Lipinski definition) is 3. The molecule has 2 atom stereocenters. The lowest BCUT2D eigenvalue weighted by atomic mass is 10.0. The normalized spacial score (nSPS) is 13.9. The first-order valence-corrected chi connectivity index (χ1v) is 9.93. The molecule has 0 fully saturated rings. The minimum absolute atomic E-state index is 0.108. The van der Waals surface area contributed by atoms with Gasteiger partial charge in [-0.05, 0) is 50.1 Å². The summed E-state index contributed by atoms with van der Waals surface area (Å²) in [5, 5.41) is 29.7. The number of aliphatic hydroxyl groups excluding tert-OH is 2. The van der Waals surface area contributed by atoms with Crippen LogP contribution in [0.4, 0.5) is 4.39 Å². The fraction of sp³-hybridized carbons (Fsp3) is 0.292. The number of benzene rings is 2. The van der Waals surface area contributed by atoms with E-state index in [1.54, 1.807) is 18.2 Å². The number of halogens is 1. The Kier molecular flexibility index (Phi) is 6.70. The van der Waals surface area contributed by atoms with E-state index >= 15 is 0 Å². The summed E-state index contributed by atoms with van der Waals surface area (Å²) in [6.07, 6.45) is 0.688. The lowest BCUT2D eigenvalue weighted by molar-refractivity contribution is -0.141. The quantitative estimate of drug-likeness (QED) is 0.505. The fourth-order valence-corrected chi connectivity index (χ4v) is 3.71. The van der Waals surface area contributed by atoms with Crippen molar-refractivity contribution < 1.29 is 24.5 Å². The Morgan fingerprint density at radius 3 is 2.37 bits per heavy atom. The number of aliphatic carboxylic acids is 1. The van der Waals surface area contributed by atoms with Crippen LogP contribution in [0.15, 0.2) is 54.6 Å². The van der Waals surface area contributed by atoms with E-state index in [9.17, 15) is 19.4 Å². The molecule has 0 aliphatic heterocycles. The molecule has 158 valence electrons. The predicted octanol–water partition coefficient (Wildman–Crippen LogP) is 4.63. The van der Waals surface area contributed by atoms with Gasteiger partial charge in [0.2, 0.25) is 0 Å². The topological polar surface area (TPSA) is 82.7 Å². The van der Waals surface area contributed by atoms with Crippen molar-refractivity contribution in [3.8, 4) is 11.1 Å². The average molecular weight is 411 g/mol. The van der Waals surface area contributed by atoms with Crippen molar-refractivity contribution >= 4 is 22.9 Å². The Balaban J connectivity index is 2.06. The van der Waals surface area contributed by atoms with Crippen LogP contribution in [0.3, 0.4) is 0 Å². The first kappa shape index (κ1) is 21.7. The lowest BCUT2D eigenvalue weighted by Gasteiger charge is -2.15. The van der Waals surface area contributed by atoms with Crippen molar-refractivity contribution in [1.82, 2.24) is 4.57 Å². The third-order valence-electron chi connectivity index (χ3n) is 5.08. The Morgan fingerprint density at radius 2 is 1.73 bits per heavy atom. The minimum atomic E-state index is -1.33. The molecule has 3 aromatic rings. The molecule has 0 aliphatic carbocycles. The highest BCUT2D eigenvalue weighted by Gasteiger charge is 2.20. The Hall–Kier alpha value is -2.96. The van der Waals surface area contributed by atoms with Gasteiger partial charge in [-0.1, -0.05) is 36.4 Å². The first-order valence-electron chi connectivity index (χ1n) is 9.93. The Bertz CT molecular complexity index is 1050. The smallest absolute Gasteiger partial charge is 0.306 e. The maximum Gasteiger partial charge on any atom is 0.306 e. The van der Waals surface area contributed by atoms with E-state index in [1.807, 2.05) is 30.3 Å². The molecule has 6 heteroatoms. The molecular formula is C24H26FNO4. The van der Waals surface area contributed by atoms with Crippen molar-refractivity contribution in [3.63, 3.8) is 0 Å². The van der Waals surface area contributed by atoms with Crippen LogP contribution in [0.1, 0.15) is 38.4 Å². The molecule has 3 N–H and O–H groups in total. The van der Waals surface area contributed by atoms with Gasteiger partial charge in [0.15, 0.2) is 0 Å². The summed E-state index contributed by atoms with van der Waals surface area (Å²) in [6, 6.07) is 14.5. The first-order chi connectivity index (χ1) is 14.3. The monoisotopic (exact) mass is 411 g/mol. The number of nitrogens with zero attached hydrogens (tertiary/aromatic N) is 1. The van der Waals surface area contributed by atoms with Crippen molar-refractivity contribution in [2.45, 2.75) is 44.9 Å². The molecule has 0 aliphatic rings. The molecule has 2 unspecified atom stereocenters. The highest BCUT2D eigenvalue weighted by Crippen LogP contribution is 2.38. The fourth-order valence-electron chi connectivity index (χ4n) is 3.71. The minimum Gasteiger partial charge on any atom is -0.481 e. The van der Waals surface area contributed by atoms with Crippen LogP contribution in [-0.2, 0) is 4.79 Å². The summed E-state index contributed by atoms with van der Waals surface area (Å²) in [4.78, 5) is 10.7. The van der Waals surface area contributed by atoms with Crippen molar-refractivity contribution in [2.75, 3.05) is 0 Å². The third-order valence-corrected chi connectivity index (χ3v) is 5.08. The molecule has 1 heterocycles. The van der Waals surface area contributed by atoms with Gasteiger partial charge in [0.25, 0.3) is 0 Å². The van der Waals surface area contributed by atoms with E-state index in [4.69, 9.17) is 5.11 Å². The van der Waals surface area contributed by atoms with E-state index in [0.29, 0.717) is 0 Å². The van der Waals surface area contributed by atoms with Crippen LogP contribution >= 0.6 is 0 Å². The van der Waals surface area contributed by atoms with Gasteiger partial charge in [0.1, 0.15) is 5.82 Å². The number of carboxylic acids is 1. The number of aliphatic hydroxyl groups is 2. The van der Waals surface area contributed by atoms with Gasteiger partial charge in [0.05, 0.1) is 18.6 Å². The number of para-hydroxylation sites is 1. The zero-order chi connectivity index (χ0) is 21.8. The summed E-state index contributed by atoms with van der Waals surface area (Å²) in [6.45, 7) is 4.15. The maximum atomic E-state index is 13.5. The van der Waals surface area contributed by atoms with Crippen LogP contribution < -0.4 is 0 Å². The van der Waals surface area contributed by atoms with Crippen LogP contribution in [-0.4, -0.2) is 38.1 Å². The zero-order valence-electron chi connectivity index (χ0n) is 17.0. The largest absolute Gasteiger partial charge is 0.481 e. The van der Waals surface area contributed by atoms with Crippen molar-refractivity contribution in [1.29, 1.82) is 0 Å². The summed E-state index contributed by atoms with van der Waals surface area (Å²) in [5.74, 6) is -1.47. The number of carbonyl (C=O) groups is 1. The van der Waals surface area contributed by atoms with Crippen LogP contribution in [0.5, 0.6) is 0 Å². The Morgan fingerprint density at radius 1 is 1.07 bits per heavy atom. The molecule has 0 radical (unpaired) electrons. The van der Waals surface area contributed by atoms with E-state index in [1.165, 1.54) is 12.1 Å². The standard InChI is InChI=1S/C24H26FNO4/c1-15(2)26-19-7-4-3-6-18(19)24(16-10-12-17(25)13-11-16)20(26)8-5-9-21(27)22(28)14-23(29)30/h3-8,10-13,15,21-22,27-28H,9,14H2,1-2H3,(H,29,30). The van der Waals surface area contributed by atoms with Crippen molar-refractivity contribution in [3.05, 3.63) is 66.1 Å². The SMILES string of the molecule is CC(C)n1c(C=CCC(O)C(O)CC(=O)O)c(-c2ccc(F)cc2)c2ccccc21. The number of fused-ring (bicyclic) bond motifs is 1. The summed E-state index contributed by atoms with van der Waals surface area (Å²) >= 11 is 0. The van der Waals surface area contributed by atoms with E-state index in [0.717, 1.165) is 27.7 Å². The van der Waals surface area contributed by atoms with Gasteiger partial charge < -0.3 is 19.9 Å². The second-order valence-electron chi connectivity index (χ2n) is 7.62. The summed E-state index contributed by atoms with van der Waals surface area (Å²) in [7, 11) is 0. The van der Waals surface area contributed by atoms with E-state index in [-0.39, 0.29) is 18.3 Å². The maximum absolute atomic E-state index is 13.5. The molecule has 5 nitrogen and oxygen atoms in total. The number of carboxylic acid groups (broad SMARTS) is 1. The number of aromatic nitrogens is 1. The van der Waals surface area contributed by atoms with Gasteiger partial charge in [-0.25, -0.2) is 4.39 Å².